The number of rotatable bonds is 4. The van der Waals surface area contributed by atoms with Gasteiger partial charge in [0.05, 0.1) is 16.3 Å². The fourth-order valence-corrected chi connectivity index (χ4v) is 2.90. The van der Waals surface area contributed by atoms with Crippen LogP contribution in [0.2, 0.25) is 5.02 Å². The molecule has 2 rings (SSSR count). The maximum Gasteiger partial charge on any atom is 0.257 e. The van der Waals surface area contributed by atoms with Gasteiger partial charge in [-0.3, -0.25) is 9.00 Å². The summed E-state index contributed by atoms with van der Waals surface area (Å²) < 4.78 is 11.4. The van der Waals surface area contributed by atoms with Crippen molar-refractivity contribution < 1.29 is 9.00 Å². The molecule has 0 heterocycles. The Morgan fingerprint density at radius 3 is 2.62 bits per heavy atom. The molecule has 0 aliphatic carbocycles. The molecule has 3 nitrogen and oxygen atoms in total. The summed E-state index contributed by atoms with van der Waals surface area (Å²) in [6.45, 7) is 1.85. The number of hydrogen-bond donors (Lipinski definition) is 1. The normalized spacial score (nSPS) is 12.0. The second-order valence-electron chi connectivity index (χ2n) is 4.77. The predicted octanol–water partition coefficient (Wildman–Crippen LogP) is 3.78. The maximum atomic E-state index is 12.4. The summed E-state index contributed by atoms with van der Waals surface area (Å²) in [5.41, 5.74) is 2.79. The third kappa shape index (κ3) is 3.93. The lowest BCUT2D eigenvalue weighted by Crippen LogP contribution is -2.14. The number of carbonyl (C=O) groups excluding carboxylic acids is 1. The second kappa shape index (κ2) is 6.87. The van der Waals surface area contributed by atoms with Crippen molar-refractivity contribution in [2.24, 2.45) is 0 Å². The molecule has 5 heteroatoms. The first kappa shape index (κ1) is 15.7. The first-order valence-electron chi connectivity index (χ1n) is 6.43. The van der Waals surface area contributed by atoms with Crippen LogP contribution in [0, 0.1) is 6.92 Å². The molecule has 2 aromatic carbocycles. The van der Waals surface area contributed by atoms with Gasteiger partial charge in [0.2, 0.25) is 0 Å². The highest BCUT2D eigenvalue weighted by Gasteiger charge is 2.13. The van der Waals surface area contributed by atoms with Crippen LogP contribution in [0.15, 0.2) is 42.5 Å². The minimum atomic E-state index is -0.972. The molecular formula is C16H16ClNO2S. The van der Waals surface area contributed by atoms with Crippen molar-refractivity contribution in [3.63, 3.8) is 0 Å². The zero-order valence-electron chi connectivity index (χ0n) is 11.9. The smallest absolute Gasteiger partial charge is 0.257 e. The van der Waals surface area contributed by atoms with Crippen molar-refractivity contribution in [1.29, 1.82) is 0 Å². The number of halogens is 1. The van der Waals surface area contributed by atoms with Crippen molar-refractivity contribution >= 4 is 34.0 Å². The largest absolute Gasteiger partial charge is 0.322 e. The van der Waals surface area contributed by atoms with E-state index in [1.807, 2.05) is 31.2 Å². The van der Waals surface area contributed by atoms with E-state index in [9.17, 15) is 9.00 Å². The Kier molecular flexibility index (Phi) is 5.15. The van der Waals surface area contributed by atoms with Crippen LogP contribution in [0.5, 0.6) is 0 Å². The average Bonchev–Trinajstić information content (AvgIpc) is 2.43. The zero-order valence-corrected chi connectivity index (χ0v) is 13.4. The summed E-state index contributed by atoms with van der Waals surface area (Å²) in [5.74, 6) is 0.135. The summed E-state index contributed by atoms with van der Waals surface area (Å²) in [5, 5.41) is 3.29. The molecule has 1 amide bonds. The van der Waals surface area contributed by atoms with Gasteiger partial charge in [0.15, 0.2) is 0 Å². The molecule has 0 saturated heterocycles. The number of hydrogen-bond acceptors (Lipinski definition) is 2. The van der Waals surface area contributed by atoms with Crippen LogP contribution in [-0.4, -0.2) is 16.4 Å². The third-order valence-electron chi connectivity index (χ3n) is 3.06. The topological polar surface area (TPSA) is 46.2 Å². The number of anilines is 1. The zero-order chi connectivity index (χ0) is 15.4. The standard InChI is InChI=1S/C16H16ClNO2S/c1-11-6-5-8-13(15(11)17)16(19)18-14-9-4-3-7-12(14)10-21(2)20/h3-9H,10H2,1-2H3,(H,18,19). The monoisotopic (exact) mass is 321 g/mol. The van der Waals surface area contributed by atoms with Gasteiger partial charge in [0.25, 0.3) is 5.91 Å². The molecule has 0 aromatic heterocycles. The van der Waals surface area contributed by atoms with Crippen LogP contribution in [0.25, 0.3) is 0 Å². The van der Waals surface area contributed by atoms with Gasteiger partial charge in [-0.25, -0.2) is 0 Å². The highest BCUT2D eigenvalue weighted by atomic mass is 35.5. The number of para-hydroxylation sites is 1. The Morgan fingerprint density at radius 2 is 1.90 bits per heavy atom. The molecule has 0 saturated carbocycles. The fraction of sp³-hybridized carbons (Fsp3) is 0.188. The van der Waals surface area contributed by atoms with Crippen LogP contribution < -0.4 is 5.32 Å². The van der Waals surface area contributed by atoms with E-state index in [-0.39, 0.29) is 5.91 Å². The second-order valence-corrected chi connectivity index (χ2v) is 6.58. The molecule has 0 aliphatic rings. The summed E-state index contributed by atoms with van der Waals surface area (Å²) in [6.07, 6.45) is 1.63. The van der Waals surface area contributed by atoms with Gasteiger partial charge in [-0.2, -0.15) is 0 Å². The van der Waals surface area contributed by atoms with Gasteiger partial charge >= 0.3 is 0 Å². The molecule has 110 valence electrons. The fourth-order valence-electron chi connectivity index (χ4n) is 2.00. The number of amides is 1. The first-order chi connectivity index (χ1) is 9.99. The molecule has 1 atom stereocenters. The van der Waals surface area contributed by atoms with E-state index in [1.54, 1.807) is 24.5 Å². The Labute approximate surface area is 131 Å². The lowest BCUT2D eigenvalue weighted by molar-refractivity contribution is 0.102. The van der Waals surface area contributed by atoms with E-state index >= 15 is 0 Å². The summed E-state index contributed by atoms with van der Waals surface area (Å²) in [6, 6.07) is 12.7. The predicted molar refractivity (Wildman–Crippen MR) is 88.4 cm³/mol. The average molecular weight is 322 g/mol. The third-order valence-corrected chi connectivity index (χ3v) is 4.28. The molecule has 0 aliphatic heterocycles. The summed E-state index contributed by atoms with van der Waals surface area (Å²) >= 11 is 6.17. The summed E-state index contributed by atoms with van der Waals surface area (Å²) in [7, 11) is -0.972. The molecule has 0 spiro atoms. The van der Waals surface area contributed by atoms with Gasteiger partial charge in [-0.15, -0.1) is 0 Å². The van der Waals surface area contributed by atoms with Gasteiger partial charge in [0.1, 0.15) is 0 Å². The maximum absolute atomic E-state index is 12.4. The molecule has 1 unspecified atom stereocenters. The minimum Gasteiger partial charge on any atom is -0.322 e. The van der Waals surface area contributed by atoms with Crippen LogP contribution >= 0.6 is 11.6 Å². The molecule has 21 heavy (non-hydrogen) atoms. The Morgan fingerprint density at radius 1 is 1.19 bits per heavy atom. The molecule has 1 N–H and O–H groups in total. The summed E-state index contributed by atoms with van der Waals surface area (Å²) in [4.78, 5) is 12.4. The Hall–Kier alpha value is -1.65. The van der Waals surface area contributed by atoms with E-state index < -0.39 is 10.8 Å². The molecule has 0 fully saturated rings. The van der Waals surface area contributed by atoms with Gasteiger partial charge < -0.3 is 5.32 Å². The van der Waals surface area contributed by atoms with E-state index in [2.05, 4.69) is 5.32 Å². The molecular weight excluding hydrogens is 306 g/mol. The Bertz CT molecular complexity index is 700. The lowest BCUT2D eigenvalue weighted by Gasteiger charge is -2.11. The van der Waals surface area contributed by atoms with Gasteiger partial charge in [-0.05, 0) is 30.2 Å². The van der Waals surface area contributed by atoms with E-state index in [0.29, 0.717) is 22.0 Å². The van der Waals surface area contributed by atoms with Crippen molar-refractivity contribution in [2.75, 3.05) is 11.6 Å². The highest BCUT2D eigenvalue weighted by Crippen LogP contribution is 2.23. The van der Waals surface area contributed by atoms with Crippen molar-refractivity contribution in [1.82, 2.24) is 0 Å². The van der Waals surface area contributed by atoms with Gasteiger partial charge in [-0.1, -0.05) is 41.9 Å². The van der Waals surface area contributed by atoms with Crippen molar-refractivity contribution in [2.45, 2.75) is 12.7 Å². The molecule has 0 radical (unpaired) electrons. The number of benzene rings is 2. The highest BCUT2D eigenvalue weighted by molar-refractivity contribution is 7.83. The van der Waals surface area contributed by atoms with Crippen LogP contribution in [0.1, 0.15) is 21.5 Å². The SMILES string of the molecule is Cc1cccc(C(=O)Nc2ccccc2CS(C)=O)c1Cl. The lowest BCUT2D eigenvalue weighted by atomic mass is 10.1. The minimum absolute atomic E-state index is 0.266. The van der Waals surface area contributed by atoms with Crippen LogP contribution in [0.4, 0.5) is 5.69 Å². The van der Waals surface area contributed by atoms with Crippen molar-refractivity contribution in [3.8, 4) is 0 Å². The number of aryl methyl sites for hydroxylation is 1. The molecule has 0 bridgehead atoms. The Balaban J connectivity index is 2.28. The van der Waals surface area contributed by atoms with E-state index in [0.717, 1.165) is 11.1 Å². The quantitative estimate of drug-likeness (QED) is 0.931. The van der Waals surface area contributed by atoms with Crippen LogP contribution in [-0.2, 0) is 16.6 Å². The number of carbonyl (C=O) groups is 1. The van der Waals surface area contributed by atoms with E-state index in [4.69, 9.17) is 11.6 Å². The van der Waals surface area contributed by atoms with Crippen molar-refractivity contribution in [3.05, 3.63) is 64.2 Å². The first-order valence-corrected chi connectivity index (χ1v) is 8.54. The van der Waals surface area contributed by atoms with E-state index in [1.165, 1.54) is 0 Å². The number of nitrogens with one attached hydrogen (secondary N) is 1. The van der Waals surface area contributed by atoms with Gasteiger partial charge in [0, 0.05) is 22.7 Å². The molecule has 2 aromatic rings. The van der Waals surface area contributed by atoms with Crippen LogP contribution in [0.3, 0.4) is 0 Å².